The van der Waals surface area contributed by atoms with Gasteiger partial charge in [0.15, 0.2) is 0 Å². The number of carbonyl (C=O) groups excluding carboxylic acids is 3. The maximum Gasteiger partial charge on any atom is 0.257 e. The van der Waals surface area contributed by atoms with E-state index in [4.69, 9.17) is 9.47 Å². The number of likely N-dealkylation sites (N-methyl/N-ethyl adjacent to an activating group) is 1. The SMILES string of the molecule is CN(C)C(=O)C[C@@H]1CC[C@@H]2[C@@H](COc3ccc(NC(=O)C4CCC4)cc3C(=O)N2C)O1. The quantitative estimate of drug-likeness (QED) is 0.793. The number of hydrogen-bond donors (Lipinski definition) is 1. The number of ether oxygens (including phenoxy) is 2. The van der Waals surface area contributed by atoms with Crippen LogP contribution < -0.4 is 10.1 Å². The Morgan fingerprint density at radius 2 is 1.97 bits per heavy atom. The third kappa shape index (κ3) is 4.54. The van der Waals surface area contributed by atoms with Gasteiger partial charge >= 0.3 is 0 Å². The first-order valence-corrected chi connectivity index (χ1v) is 11.0. The summed E-state index contributed by atoms with van der Waals surface area (Å²) in [6.07, 6.45) is 4.25. The van der Waals surface area contributed by atoms with E-state index in [2.05, 4.69) is 5.32 Å². The predicted molar refractivity (Wildman–Crippen MR) is 115 cm³/mol. The van der Waals surface area contributed by atoms with E-state index in [9.17, 15) is 14.4 Å². The van der Waals surface area contributed by atoms with E-state index < -0.39 is 0 Å². The Kier molecular flexibility index (Phi) is 6.18. The Labute approximate surface area is 182 Å². The molecule has 1 N–H and O–H groups in total. The monoisotopic (exact) mass is 429 g/mol. The largest absolute Gasteiger partial charge is 0.490 e. The normalized spacial score (nSPS) is 25.8. The van der Waals surface area contributed by atoms with Crippen LogP contribution in [0.25, 0.3) is 0 Å². The van der Waals surface area contributed by atoms with Gasteiger partial charge < -0.3 is 24.6 Å². The Balaban J connectivity index is 1.48. The molecule has 8 nitrogen and oxygen atoms in total. The van der Waals surface area contributed by atoms with Crippen molar-refractivity contribution in [3.8, 4) is 5.75 Å². The fraction of sp³-hybridized carbons (Fsp3) is 0.609. The molecule has 168 valence electrons. The Hall–Kier alpha value is -2.61. The maximum absolute atomic E-state index is 13.2. The van der Waals surface area contributed by atoms with Gasteiger partial charge in [-0.1, -0.05) is 6.42 Å². The number of benzene rings is 1. The van der Waals surface area contributed by atoms with Gasteiger partial charge in [0, 0.05) is 32.7 Å². The van der Waals surface area contributed by atoms with E-state index in [-0.39, 0.29) is 41.9 Å². The molecular formula is C23H31N3O5. The molecule has 4 rings (SSSR count). The van der Waals surface area contributed by atoms with Crippen molar-refractivity contribution in [1.82, 2.24) is 9.80 Å². The summed E-state index contributed by atoms with van der Waals surface area (Å²) in [5.41, 5.74) is 1.05. The lowest BCUT2D eigenvalue weighted by Gasteiger charge is -2.42. The standard InChI is InChI=1S/C23H31N3O5/c1-25(2)21(27)12-16-8-9-18-20(31-16)13-30-19-10-7-15(11-17(19)23(29)26(18)3)24-22(28)14-5-4-6-14/h7,10-11,14,16,18,20H,4-6,8-9,12-13H2,1-3H3,(H,24,28)/t16-,18+,20+/m0/s1. The highest BCUT2D eigenvalue weighted by Crippen LogP contribution is 2.33. The molecule has 3 atom stereocenters. The third-order valence-electron chi connectivity index (χ3n) is 6.66. The number of carbonyl (C=O) groups is 3. The minimum Gasteiger partial charge on any atom is -0.490 e. The molecule has 0 aromatic heterocycles. The molecule has 1 saturated carbocycles. The zero-order valence-electron chi connectivity index (χ0n) is 18.4. The summed E-state index contributed by atoms with van der Waals surface area (Å²) in [7, 11) is 5.25. The lowest BCUT2D eigenvalue weighted by atomic mass is 9.85. The predicted octanol–water partition coefficient (Wildman–Crippen LogP) is 2.28. The number of fused-ring (bicyclic) bond motifs is 2. The summed E-state index contributed by atoms with van der Waals surface area (Å²) in [6.45, 7) is 0.301. The van der Waals surface area contributed by atoms with Crippen LogP contribution in [0.15, 0.2) is 18.2 Å². The van der Waals surface area contributed by atoms with Crippen LogP contribution >= 0.6 is 0 Å². The maximum atomic E-state index is 13.2. The van der Waals surface area contributed by atoms with Crippen LogP contribution in [0.4, 0.5) is 5.69 Å². The molecule has 8 heteroatoms. The van der Waals surface area contributed by atoms with E-state index in [1.54, 1.807) is 49.1 Å². The molecule has 2 heterocycles. The zero-order chi connectivity index (χ0) is 22.1. The zero-order valence-corrected chi connectivity index (χ0v) is 18.4. The smallest absolute Gasteiger partial charge is 0.257 e. The van der Waals surface area contributed by atoms with Crippen LogP contribution in [-0.2, 0) is 14.3 Å². The molecule has 3 aliphatic rings. The molecule has 0 bridgehead atoms. The molecular weight excluding hydrogens is 398 g/mol. The van der Waals surface area contributed by atoms with Crippen molar-refractivity contribution in [3.05, 3.63) is 23.8 Å². The number of anilines is 1. The molecule has 1 aromatic rings. The van der Waals surface area contributed by atoms with Gasteiger partial charge in [0.25, 0.3) is 5.91 Å². The first-order valence-electron chi connectivity index (χ1n) is 11.0. The van der Waals surface area contributed by atoms with Gasteiger partial charge in [-0.25, -0.2) is 0 Å². The minimum absolute atomic E-state index is 0.0119. The Morgan fingerprint density at radius 3 is 2.65 bits per heavy atom. The van der Waals surface area contributed by atoms with Gasteiger partial charge in [0.1, 0.15) is 18.5 Å². The summed E-state index contributed by atoms with van der Waals surface area (Å²) >= 11 is 0. The molecule has 1 aromatic carbocycles. The number of rotatable bonds is 4. The lowest BCUT2D eigenvalue weighted by Crippen LogP contribution is -2.53. The van der Waals surface area contributed by atoms with E-state index in [0.29, 0.717) is 36.4 Å². The summed E-state index contributed by atoms with van der Waals surface area (Å²) in [5, 5.41) is 2.93. The Bertz CT molecular complexity index is 867. The molecule has 0 unspecified atom stereocenters. The number of hydrogen-bond acceptors (Lipinski definition) is 5. The highest BCUT2D eigenvalue weighted by molar-refractivity contribution is 6.00. The first kappa shape index (κ1) is 21.6. The van der Waals surface area contributed by atoms with Gasteiger partial charge in [-0.2, -0.15) is 0 Å². The molecule has 0 spiro atoms. The van der Waals surface area contributed by atoms with E-state index >= 15 is 0 Å². The van der Waals surface area contributed by atoms with Crippen LogP contribution in [0.1, 0.15) is 48.9 Å². The molecule has 0 radical (unpaired) electrons. The van der Waals surface area contributed by atoms with E-state index in [0.717, 1.165) is 25.7 Å². The first-order chi connectivity index (χ1) is 14.8. The molecule has 3 amide bonds. The fourth-order valence-corrected chi connectivity index (χ4v) is 4.40. The van der Waals surface area contributed by atoms with Crippen molar-refractivity contribution in [3.63, 3.8) is 0 Å². The van der Waals surface area contributed by atoms with Gasteiger partial charge in [-0.05, 0) is 43.9 Å². The highest BCUT2D eigenvalue weighted by atomic mass is 16.5. The Morgan fingerprint density at radius 1 is 1.19 bits per heavy atom. The van der Waals surface area contributed by atoms with Gasteiger partial charge in [0.2, 0.25) is 11.8 Å². The van der Waals surface area contributed by atoms with E-state index in [1.807, 2.05) is 0 Å². The highest BCUT2D eigenvalue weighted by Gasteiger charge is 2.39. The average Bonchev–Trinajstić information content (AvgIpc) is 2.69. The van der Waals surface area contributed by atoms with Crippen molar-refractivity contribution >= 4 is 23.4 Å². The molecule has 1 saturated heterocycles. The van der Waals surface area contributed by atoms with Crippen molar-refractivity contribution in [2.24, 2.45) is 5.92 Å². The van der Waals surface area contributed by atoms with Crippen molar-refractivity contribution in [2.45, 2.75) is 56.8 Å². The topological polar surface area (TPSA) is 88.2 Å². The number of nitrogens with zero attached hydrogens (tertiary/aromatic N) is 2. The van der Waals surface area contributed by atoms with Crippen LogP contribution in [0.3, 0.4) is 0 Å². The second kappa shape index (κ2) is 8.86. The average molecular weight is 430 g/mol. The second-order valence-corrected chi connectivity index (χ2v) is 8.99. The minimum atomic E-state index is -0.297. The molecule has 1 aliphatic carbocycles. The molecule has 31 heavy (non-hydrogen) atoms. The summed E-state index contributed by atoms with van der Waals surface area (Å²) < 4.78 is 12.2. The fourth-order valence-electron chi connectivity index (χ4n) is 4.40. The van der Waals surface area contributed by atoms with Crippen LogP contribution in [0, 0.1) is 5.92 Å². The van der Waals surface area contributed by atoms with Crippen LogP contribution in [-0.4, -0.2) is 73.5 Å². The molecule has 2 fully saturated rings. The van der Waals surface area contributed by atoms with Gasteiger partial charge in [-0.3, -0.25) is 14.4 Å². The van der Waals surface area contributed by atoms with Crippen molar-refractivity contribution in [2.75, 3.05) is 33.1 Å². The number of nitrogens with one attached hydrogen (secondary N) is 1. The number of amides is 3. The van der Waals surface area contributed by atoms with Crippen molar-refractivity contribution < 1.29 is 23.9 Å². The van der Waals surface area contributed by atoms with Crippen LogP contribution in [0.2, 0.25) is 0 Å². The summed E-state index contributed by atoms with van der Waals surface area (Å²) in [5.74, 6) is 0.436. The summed E-state index contributed by atoms with van der Waals surface area (Å²) in [4.78, 5) is 40.9. The van der Waals surface area contributed by atoms with Crippen LogP contribution in [0.5, 0.6) is 5.75 Å². The van der Waals surface area contributed by atoms with E-state index in [1.165, 1.54) is 0 Å². The van der Waals surface area contributed by atoms with Gasteiger partial charge in [0.05, 0.1) is 24.1 Å². The summed E-state index contributed by atoms with van der Waals surface area (Å²) in [6, 6.07) is 5.07. The lowest BCUT2D eigenvalue weighted by molar-refractivity contribution is -0.140. The third-order valence-corrected chi connectivity index (χ3v) is 6.66. The van der Waals surface area contributed by atoms with Crippen molar-refractivity contribution in [1.29, 1.82) is 0 Å². The van der Waals surface area contributed by atoms with Gasteiger partial charge in [-0.15, -0.1) is 0 Å². The molecule has 2 aliphatic heterocycles. The second-order valence-electron chi connectivity index (χ2n) is 8.99.